The lowest BCUT2D eigenvalue weighted by Gasteiger charge is -2.23. The molecule has 0 fully saturated rings. The van der Waals surface area contributed by atoms with Crippen LogP contribution in [0.1, 0.15) is 44.7 Å². The quantitative estimate of drug-likeness (QED) is 0.683. The van der Waals surface area contributed by atoms with E-state index in [0.29, 0.717) is 24.3 Å². The minimum Gasteiger partial charge on any atom is -0.484 e. The molecule has 2 rings (SSSR count). The highest BCUT2D eigenvalue weighted by Gasteiger charge is 2.17. The van der Waals surface area contributed by atoms with Crippen molar-refractivity contribution in [1.82, 2.24) is 4.90 Å². The number of ether oxygens (including phenoxy) is 1. The minimum atomic E-state index is -0.210. The third kappa shape index (κ3) is 6.93. The van der Waals surface area contributed by atoms with Crippen molar-refractivity contribution in [2.75, 3.05) is 26.0 Å². The summed E-state index contributed by atoms with van der Waals surface area (Å²) in [5.74, 6) is 0.570. The molecule has 0 aromatic heterocycles. The molecular formula is C24H32N2O3. The van der Waals surface area contributed by atoms with Gasteiger partial charge in [-0.25, -0.2) is 0 Å². The Labute approximate surface area is 174 Å². The van der Waals surface area contributed by atoms with Gasteiger partial charge in [0.05, 0.1) is 0 Å². The first kappa shape index (κ1) is 22.5. The molecule has 0 unspecified atom stereocenters. The van der Waals surface area contributed by atoms with Crippen LogP contribution in [0.2, 0.25) is 0 Å². The Morgan fingerprint density at radius 2 is 1.62 bits per heavy atom. The third-order valence-electron chi connectivity index (χ3n) is 5.25. The molecule has 156 valence electrons. The van der Waals surface area contributed by atoms with Gasteiger partial charge in [0.1, 0.15) is 5.75 Å². The number of aryl methyl sites for hydroxylation is 1. The zero-order chi connectivity index (χ0) is 21.4. The first-order valence-electron chi connectivity index (χ1n) is 10.0. The lowest BCUT2D eigenvalue weighted by Crippen LogP contribution is -2.21. The number of amides is 2. The van der Waals surface area contributed by atoms with Gasteiger partial charge in [-0.1, -0.05) is 45.0 Å². The van der Waals surface area contributed by atoms with Crippen molar-refractivity contribution >= 4 is 17.5 Å². The molecule has 0 saturated carbocycles. The Kier molecular flexibility index (Phi) is 7.82. The van der Waals surface area contributed by atoms with Crippen LogP contribution in [0.15, 0.2) is 48.5 Å². The molecular weight excluding hydrogens is 364 g/mol. The number of hydrogen-bond donors (Lipinski definition) is 1. The Bertz CT molecular complexity index is 809. The van der Waals surface area contributed by atoms with Crippen LogP contribution in [-0.4, -0.2) is 37.4 Å². The maximum absolute atomic E-state index is 12.1. The molecule has 0 saturated heterocycles. The summed E-state index contributed by atoms with van der Waals surface area (Å²) in [6.07, 6.45) is 2.21. The van der Waals surface area contributed by atoms with Crippen molar-refractivity contribution in [1.29, 1.82) is 0 Å². The van der Waals surface area contributed by atoms with Crippen LogP contribution in [0.25, 0.3) is 0 Å². The van der Waals surface area contributed by atoms with Crippen molar-refractivity contribution in [2.45, 2.75) is 45.4 Å². The molecule has 0 radical (unpaired) electrons. The summed E-state index contributed by atoms with van der Waals surface area (Å²) in [5, 5.41) is 2.83. The van der Waals surface area contributed by atoms with Gasteiger partial charge in [-0.05, 0) is 53.6 Å². The second-order valence-electron chi connectivity index (χ2n) is 8.08. The highest BCUT2D eigenvalue weighted by atomic mass is 16.5. The predicted octanol–water partition coefficient (Wildman–Crippen LogP) is 4.41. The van der Waals surface area contributed by atoms with Gasteiger partial charge in [0, 0.05) is 26.2 Å². The van der Waals surface area contributed by atoms with E-state index in [-0.39, 0.29) is 23.8 Å². The number of carbonyl (C=O) groups excluding carboxylic acids is 2. The molecule has 2 aromatic rings. The van der Waals surface area contributed by atoms with Gasteiger partial charge < -0.3 is 15.0 Å². The van der Waals surface area contributed by atoms with Crippen LogP contribution >= 0.6 is 0 Å². The van der Waals surface area contributed by atoms with Crippen LogP contribution in [0.3, 0.4) is 0 Å². The van der Waals surface area contributed by atoms with E-state index in [1.54, 1.807) is 19.0 Å². The van der Waals surface area contributed by atoms with E-state index >= 15 is 0 Å². The molecule has 0 aliphatic carbocycles. The minimum absolute atomic E-state index is 0.0460. The summed E-state index contributed by atoms with van der Waals surface area (Å²) in [4.78, 5) is 25.4. The Balaban J connectivity index is 1.81. The Morgan fingerprint density at radius 3 is 2.17 bits per heavy atom. The zero-order valence-corrected chi connectivity index (χ0v) is 18.1. The summed E-state index contributed by atoms with van der Waals surface area (Å²) in [5.41, 5.74) is 3.15. The molecule has 1 N–H and O–H groups in total. The molecule has 2 aromatic carbocycles. The summed E-state index contributed by atoms with van der Waals surface area (Å²) in [6, 6.07) is 15.5. The molecule has 5 nitrogen and oxygen atoms in total. The highest BCUT2D eigenvalue weighted by Crippen LogP contribution is 2.28. The van der Waals surface area contributed by atoms with Gasteiger partial charge in [0.15, 0.2) is 6.61 Å². The maximum Gasteiger partial charge on any atom is 0.262 e. The summed E-state index contributed by atoms with van der Waals surface area (Å²) in [7, 11) is 3.51. The lowest BCUT2D eigenvalue weighted by atomic mass is 9.82. The molecule has 0 bridgehead atoms. The molecule has 2 amide bonds. The average Bonchev–Trinajstić information content (AvgIpc) is 2.71. The zero-order valence-electron chi connectivity index (χ0n) is 18.1. The van der Waals surface area contributed by atoms with E-state index in [1.165, 1.54) is 5.56 Å². The molecule has 5 heteroatoms. The first-order valence-corrected chi connectivity index (χ1v) is 10.0. The number of nitrogens with zero attached hydrogens (tertiary/aromatic N) is 1. The Morgan fingerprint density at radius 1 is 1.00 bits per heavy atom. The predicted molar refractivity (Wildman–Crippen MR) is 117 cm³/mol. The second kappa shape index (κ2) is 10.1. The molecule has 0 heterocycles. The molecule has 29 heavy (non-hydrogen) atoms. The summed E-state index contributed by atoms with van der Waals surface area (Å²) < 4.78 is 5.60. The number of rotatable bonds is 9. The van der Waals surface area contributed by atoms with Crippen molar-refractivity contribution in [2.24, 2.45) is 0 Å². The fourth-order valence-corrected chi connectivity index (χ4v) is 2.78. The topological polar surface area (TPSA) is 58.6 Å². The largest absolute Gasteiger partial charge is 0.484 e. The average molecular weight is 397 g/mol. The molecule has 0 spiro atoms. The smallest absolute Gasteiger partial charge is 0.262 e. The number of benzene rings is 2. The van der Waals surface area contributed by atoms with Crippen LogP contribution in [0.5, 0.6) is 5.75 Å². The van der Waals surface area contributed by atoms with Crippen molar-refractivity contribution in [3.8, 4) is 5.75 Å². The van der Waals surface area contributed by atoms with Gasteiger partial charge in [-0.15, -0.1) is 0 Å². The van der Waals surface area contributed by atoms with Gasteiger partial charge in [-0.3, -0.25) is 9.59 Å². The van der Waals surface area contributed by atoms with Crippen molar-refractivity contribution in [3.05, 3.63) is 59.7 Å². The van der Waals surface area contributed by atoms with Crippen LogP contribution in [0, 0.1) is 0 Å². The Hall–Kier alpha value is -2.82. The lowest BCUT2D eigenvalue weighted by molar-refractivity contribution is -0.128. The first-order chi connectivity index (χ1) is 13.7. The normalized spacial score (nSPS) is 11.1. The van der Waals surface area contributed by atoms with E-state index in [2.05, 4.69) is 38.2 Å². The fraction of sp³-hybridized carbons (Fsp3) is 0.417. The number of nitrogens with one attached hydrogen (secondary N) is 1. The fourth-order valence-electron chi connectivity index (χ4n) is 2.78. The van der Waals surface area contributed by atoms with Gasteiger partial charge >= 0.3 is 0 Å². The van der Waals surface area contributed by atoms with Crippen LogP contribution < -0.4 is 10.1 Å². The van der Waals surface area contributed by atoms with Crippen LogP contribution in [-0.2, 0) is 21.4 Å². The summed E-state index contributed by atoms with van der Waals surface area (Å²) >= 11 is 0. The molecule has 0 aliphatic heterocycles. The van der Waals surface area contributed by atoms with E-state index in [1.807, 2.05) is 36.4 Å². The summed E-state index contributed by atoms with van der Waals surface area (Å²) in [6.45, 7) is 6.55. The molecule has 0 atom stereocenters. The van der Waals surface area contributed by atoms with E-state index in [0.717, 1.165) is 12.0 Å². The number of anilines is 1. The van der Waals surface area contributed by atoms with E-state index in [9.17, 15) is 9.59 Å². The number of carbonyl (C=O) groups is 2. The third-order valence-corrected chi connectivity index (χ3v) is 5.25. The number of hydrogen-bond acceptors (Lipinski definition) is 3. The van der Waals surface area contributed by atoms with E-state index < -0.39 is 0 Å². The van der Waals surface area contributed by atoms with Crippen molar-refractivity contribution < 1.29 is 14.3 Å². The van der Waals surface area contributed by atoms with E-state index in [4.69, 9.17) is 4.74 Å². The van der Waals surface area contributed by atoms with Crippen LogP contribution in [0.4, 0.5) is 5.69 Å². The second-order valence-corrected chi connectivity index (χ2v) is 8.08. The highest BCUT2D eigenvalue weighted by molar-refractivity contribution is 5.91. The van der Waals surface area contributed by atoms with Crippen molar-refractivity contribution in [3.63, 3.8) is 0 Å². The van der Waals surface area contributed by atoms with Gasteiger partial charge in [0.25, 0.3) is 5.91 Å². The standard InChI is InChI=1S/C24H32N2O3/c1-6-24(2,3)19-10-14-21(15-11-19)29-17-22(27)25-20-12-7-18(8-13-20)9-16-23(28)26(4)5/h7-8,10-15H,6,9,16-17H2,1-5H3,(H,25,27). The monoisotopic (exact) mass is 396 g/mol. The maximum atomic E-state index is 12.1. The van der Waals surface area contributed by atoms with Gasteiger partial charge in [-0.2, -0.15) is 0 Å². The van der Waals surface area contributed by atoms with Gasteiger partial charge in [0.2, 0.25) is 5.91 Å². The molecule has 0 aliphatic rings. The SMILES string of the molecule is CCC(C)(C)c1ccc(OCC(=O)Nc2ccc(CCC(=O)N(C)C)cc2)cc1.